The van der Waals surface area contributed by atoms with Crippen LogP contribution in [0.25, 0.3) is 0 Å². The van der Waals surface area contributed by atoms with Gasteiger partial charge in [0.05, 0.1) is 6.04 Å². The first kappa shape index (κ1) is 24.4. The molecule has 1 N–H and O–H groups in total. The molecule has 2 aliphatic heterocycles. The number of hydrogen-bond donors (Lipinski definition) is 1. The molecule has 1 fully saturated rings. The number of halogens is 2. The van der Waals surface area contributed by atoms with Crippen LogP contribution in [-0.4, -0.2) is 64.7 Å². The third kappa shape index (κ3) is 5.03. The second-order valence-electron chi connectivity index (χ2n) is 9.44. The van der Waals surface area contributed by atoms with Crippen molar-refractivity contribution in [3.8, 4) is 5.75 Å². The minimum absolute atomic E-state index is 0.0474. The van der Waals surface area contributed by atoms with Gasteiger partial charge in [0.2, 0.25) is 0 Å². The van der Waals surface area contributed by atoms with Crippen LogP contribution in [0.5, 0.6) is 5.75 Å². The van der Waals surface area contributed by atoms with Crippen molar-refractivity contribution >= 4 is 41.0 Å². The monoisotopic (exact) mass is 506 g/mol. The molecule has 1 saturated heterocycles. The lowest BCUT2D eigenvalue weighted by Crippen LogP contribution is -2.58. The molecule has 0 unspecified atom stereocenters. The molecule has 1 aromatic carbocycles. The summed E-state index contributed by atoms with van der Waals surface area (Å²) in [6, 6.07) is 9.28. The second-order valence-corrected chi connectivity index (χ2v) is 10.2. The average Bonchev–Trinajstić information content (AvgIpc) is 2.93. The van der Waals surface area contributed by atoms with Crippen molar-refractivity contribution in [3.05, 3.63) is 51.6 Å². The maximum absolute atomic E-state index is 13.7. The number of carbonyl (C=O) groups excluding carboxylic acids is 2. The minimum atomic E-state index is -0.605. The predicted molar refractivity (Wildman–Crippen MR) is 131 cm³/mol. The summed E-state index contributed by atoms with van der Waals surface area (Å²) in [6.07, 6.45) is -0.414. The Balaban J connectivity index is 1.62. The Hall–Kier alpha value is -2.71. The zero-order valence-electron chi connectivity index (χ0n) is 19.6. The number of anilines is 1. The largest absolute Gasteiger partial charge is 0.489 e. The van der Waals surface area contributed by atoms with Gasteiger partial charge in [0.25, 0.3) is 5.91 Å². The fourth-order valence-corrected chi connectivity index (χ4v) is 4.43. The number of nitrogens with one attached hydrogen (secondary N) is 1. The molecule has 1 aromatic heterocycles. The van der Waals surface area contributed by atoms with E-state index >= 15 is 0 Å². The van der Waals surface area contributed by atoms with Gasteiger partial charge in [-0.25, -0.2) is 9.78 Å². The Morgan fingerprint density at radius 3 is 2.62 bits per heavy atom. The fourth-order valence-electron chi connectivity index (χ4n) is 4.06. The number of amides is 2. The molecule has 0 bridgehead atoms. The van der Waals surface area contributed by atoms with Gasteiger partial charge in [-0.2, -0.15) is 0 Å². The highest BCUT2D eigenvalue weighted by Crippen LogP contribution is 2.41. The van der Waals surface area contributed by atoms with E-state index in [1.807, 2.05) is 58.0 Å². The van der Waals surface area contributed by atoms with E-state index in [9.17, 15) is 9.59 Å². The number of benzene rings is 1. The minimum Gasteiger partial charge on any atom is -0.489 e. The molecule has 8 nitrogen and oxygen atoms in total. The van der Waals surface area contributed by atoms with Crippen molar-refractivity contribution in [2.24, 2.45) is 0 Å². The molecule has 34 heavy (non-hydrogen) atoms. The topological polar surface area (TPSA) is 84.0 Å². The number of ether oxygens (including phenoxy) is 2. The van der Waals surface area contributed by atoms with Crippen molar-refractivity contribution in [1.82, 2.24) is 14.8 Å². The Labute approximate surface area is 209 Å². The Bertz CT molecular complexity index is 1090. The van der Waals surface area contributed by atoms with Crippen LogP contribution in [0.2, 0.25) is 10.2 Å². The molecule has 0 radical (unpaired) electrons. The second kappa shape index (κ2) is 9.50. The molecule has 10 heteroatoms. The highest BCUT2D eigenvalue weighted by Gasteiger charge is 2.40. The van der Waals surface area contributed by atoms with Gasteiger partial charge in [0.15, 0.2) is 10.9 Å². The molecule has 0 spiro atoms. The number of pyridine rings is 1. The third-order valence-electron chi connectivity index (χ3n) is 5.74. The maximum Gasteiger partial charge on any atom is 0.410 e. The van der Waals surface area contributed by atoms with Crippen molar-refractivity contribution < 1.29 is 19.1 Å². The van der Waals surface area contributed by atoms with Gasteiger partial charge in [-0.15, -0.1) is 0 Å². The van der Waals surface area contributed by atoms with E-state index in [0.29, 0.717) is 18.9 Å². The van der Waals surface area contributed by atoms with E-state index in [2.05, 4.69) is 10.3 Å². The van der Waals surface area contributed by atoms with Crippen LogP contribution in [0.3, 0.4) is 0 Å². The quantitative estimate of drug-likeness (QED) is 0.588. The van der Waals surface area contributed by atoms with Crippen LogP contribution in [-0.2, 0) is 4.74 Å². The fraction of sp³-hybridized carbons (Fsp3) is 0.458. The van der Waals surface area contributed by atoms with Gasteiger partial charge in [0, 0.05) is 25.7 Å². The number of fused-ring (bicyclic) bond motifs is 2. The van der Waals surface area contributed by atoms with Crippen LogP contribution in [0.1, 0.15) is 49.7 Å². The van der Waals surface area contributed by atoms with Crippen LogP contribution < -0.4 is 10.1 Å². The van der Waals surface area contributed by atoms with E-state index < -0.39 is 11.7 Å². The Morgan fingerprint density at radius 1 is 1.24 bits per heavy atom. The molecule has 2 aliphatic rings. The van der Waals surface area contributed by atoms with Gasteiger partial charge in [-0.3, -0.25) is 4.79 Å². The molecule has 2 amide bonds. The van der Waals surface area contributed by atoms with Crippen LogP contribution in [0, 0.1) is 0 Å². The number of hydrogen-bond acceptors (Lipinski definition) is 6. The van der Waals surface area contributed by atoms with E-state index in [-0.39, 0.29) is 52.6 Å². The van der Waals surface area contributed by atoms with Gasteiger partial charge < -0.3 is 24.6 Å². The summed E-state index contributed by atoms with van der Waals surface area (Å²) in [6.45, 7) is 8.56. The first-order valence-electron chi connectivity index (χ1n) is 11.2. The normalized spacial score (nSPS) is 18.9. The van der Waals surface area contributed by atoms with Gasteiger partial charge in [-0.05, 0) is 33.3 Å². The van der Waals surface area contributed by atoms with Crippen LogP contribution >= 0.6 is 23.2 Å². The van der Waals surface area contributed by atoms with Gasteiger partial charge >= 0.3 is 6.09 Å². The summed E-state index contributed by atoms with van der Waals surface area (Å²) in [5.41, 5.74) is 0.659. The summed E-state index contributed by atoms with van der Waals surface area (Å²) in [5, 5.41) is 3.43. The number of nitrogens with zero attached hydrogens (tertiary/aromatic N) is 3. The lowest BCUT2D eigenvalue weighted by Gasteiger charge is -2.40. The molecule has 2 atom stereocenters. The molecule has 182 valence electrons. The highest BCUT2D eigenvalue weighted by molar-refractivity contribution is 6.42. The smallest absolute Gasteiger partial charge is 0.410 e. The number of aromatic nitrogens is 1. The number of carbonyl (C=O) groups is 2. The SMILES string of the molecule is C[C@@H](Nc1nc(Cl)c(Cl)c2c1C(=O)N1CCN(C(=O)OC(C)(C)C)C[C@@H]1CO2)c1ccccc1. The summed E-state index contributed by atoms with van der Waals surface area (Å²) < 4.78 is 11.5. The van der Waals surface area contributed by atoms with Gasteiger partial charge in [-0.1, -0.05) is 53.5 Å². The van der Waals surface area contributed by atoms with Crippen LogP contribution in [0.4, 0.5) is 10.6 Å². The maximum atomic E-state index is 13.7. The standard InChI is InChI=1S/C24H28Cl2N4O4/c1-14(15-8-6-5-7-9-15)27-21-17-19(18(25)20(26)28-21)33-13-16-12-29(10-11-30(16)22(17)31)23(32)34-24(2,3)4/h5-9,14,16H,10-13H2,1-4H3,(H,27,28)/t14-,16-/m1/s1. The summed E-state index contributed by atoms with van der Waals surface area (Å²) in [5.74, 6) is 0.240. The zero-order valence-corrected chi connectivity index (χ0v) is 21.1. The highest BCUT2D eigenvalue weighted by atomic mass is 35.5. The van der Waals surface area contributed by atoms with Gasteiger partial charge in [0.1, 0.15) is 28.6 Å². The Kier molecular flexibility index (Phi) is 6.82. The third-order valence-corrected chi connectivity index (χ3v) is 6.46. The predicted octanol–water partition coefficient (Wildman–Crippen LogP) is 5.02. The molecule has 2 aromatic rings. The van der Waals surface area contributed by atoms with Crippen molar-refractivity contribution in [2.75, 3.05) is 31.6 Å². The van der Waals surface area contributed by atoms with E-state index in [1.165, 1.54) is 0 Å². The van der Waals surface area contributed by atoms with Crippen molar-refractivity contribution in [2.45, 2.75) is 45.4 Å². The zero-order chi connectivity index (χ0) is 24.6. The molecular weight excluding hydrogens is 479 g/mol. The number of piperazine rings is 1. The molecule has 3 heterocycles. The lowest BCUT2D eigenvalue weighted by atomic mass is 10.1. The lowest BCUT2D eigenvalue weighted by molar-refractivity contribution is 0.000957. The van der Waals surface area contributed by atoms with Crippen molar-refractivity contribution in [3.63, 3.8) is 0 Å². The summed E-state index contributed by atoms with van der Waals surface area (Å²) >= 11 is 12.7. The molecule has 0 aliphatic carbocycles. The first-order valence-corrected chi connectivity index (χ1v) is 11.9. The van der Waals surface area contributed by atoms with E-state index in [1.54, 1.807) is 9.80 Å². The van der Waals surface area contributed by atoms with E-state index in [4.69, 9.17) is 32.7 Å². The molecular formula is C24H28Cl2N4O4. The Morgan fingerprint density at radius 2 is 1.94 bits per heavy atom. The van der Waals surface area contributed by atoms with Crippen molar-refractivity contribution in [1.29, 1.82) is 0 Å². The summed E-state index contributed by atoms with van der Waals surface area (Å²) in [4.78, 5) is 34.0. The van der Waals surface area contributed by atoms with E-state index in [0.717, 1.165) is 5.56 Å². The average molecular weight is 507 g/mol. The summed E-state index contributed by atoms with van der Waals surface area (Å²) in [7, 11) is 0. The molecule has 4 rings (SSSR count). The molecule has 0 saturated carbocycles. The van der Waals surface area contributed by atoms with Crippen LogP contribution in [0.15, 0.2) is 30.3 Å². The first-order chi connectivity index (χ1) is 16.0. The number of rotatable bonds is 3.